The molecule has 12 heavy (non-hydrogen) atoms. The van der Waals surface area contributed by atoms with Crippen LogP contribution in [0.25, 0.3) is 0 Å². The average Bonchev–Trinajstić information content (AvgIpc) is 2.05. The number of hydrogen-bond acceptors (Lipinski definition) is 3. The molecule has 1 N–H and O–H groups in total. The summed E-state index contributed by atoms with van der Waals surface area (Å²) in [5.41, 5.74) is 0.388. The van der Waals surface area contributed by atoms with Gasteiger partial charge in [0.15, 0.2) is 0 Å². The number of nitriles is 1. The zero-order chi connectivity index (χ0) is 8.97. The van der Waals surface area contributed by atoms with Crippen molar-refractivity contribution >= 4 is 6.21 Å². The minimum atomic E-state index is -0.616. The fourth-order valence-electron chi connectivity index (χ4n) is 0.769. The van der Waals surface area contributed by atoms with Gasteiger partial charge in [-0.1, -0.05) is 11.2 Å². The predicted molar refractivity (Wildman–Crippen MR) is 40.5 cm³/mol. The molecule has 1 aromatic carbocycles. The van der Waals surface area contributed by atoms with Gasteiger partial charge in [0.25, 0.3) is 0 Å². The van der Waals surface area contributed by atoms with Gasteiger partial charge in [0.1, 0.15) is 11.9 Å². The van der Waals surface area contributed by atoms with Gasteiger partial charge in [-0.25, -0.2) is 4.39 Å². The van der Waals surface area contributed by atoms with Gasteiger partial charge in [-0.15, -0.1) is 0 Å². The van der Waals surface area contributed by atoms with Crippen molar-refractivity contribution in [3.63, 3.8) is 0 Å². The molecule has 1 rings (SSSR count). The van der Waals surface area contributed by atoms with Crippen LogP contribution in [0.4, 0.5) is 4.39 Å². The summed E-state index contributed by atoms with van der Waals surface area (Å²) in [6.45, 7) is 0. The highest BCUT2D eigenvalue weighted by Gasteiger charge is 2.00. The second-order valence-electron chi connectivity index (χ2n) is 2.10. The van der Waals surface area contributed by atoms with E-state index in [2.05, 4.69) is 5.16 Å². The summed E-state index contributed by atoms with van der Waals surface area (Å²) in [5, 5.41) is 19.2. The summed E-state index contributed by atoms with van der Waals surface area (Å²) in [4.78, 5) is 0. The van der Waals surface area contributed by atoms with Crippen LogP contribution in [-0.2, 0) is 0 Å². The van der Waals surface area contributed by atoms with Crippen molar-refractivity contribution in [2.24, 2.45) is 5.16 Å². The molecular weight excluding hydrogens is 159 g/mol. The molecule has 0 bridgehead atoms. The molecule has 0 unspecified atom stereocenters. The highest BCUT2D eigenvalue weighted by Crippen LogP contribution is 2.07. The maximum Gasteiger partial charge on any atom is 0.141 e. The van der Waals surface area contributed by atoms with Crippen LogP contribution in [0.1, 0.15) is 11.1 Å². The minimum Gasteiger partial charge on any atom is -0.411 e. The first-order valence-corrected chi connectivity index (χ1v) is 3.15. The number of halogens is 1. The second-order valence-corrected chi connectivity index (χ2v) is 2.10. The van der Waals surface area contributed by atoms with Gasteiger partial charge in [-0.3, -0.25) is 0 Å². The quantitative estimate of drug-likeness (QED) is 0.388. The number of hydrogen-bond donors (Lipinski definition) is 1. The van der Waals surface area contributed by atoms with Crippen LogP contribution in [-0.4, -0.2) is 11.4 Å². The van der Waals surface area contributed by atoms with Crippen molar-refractivity contribution in [2.75, 3.05) is 0 Å². The topological polar surface area (TPSA) is 56.4 Å². The molecule has 0 aliphatic rings. The zero-order valence-electron chi connectivity index (χ0n) is 6.03. The fourth-order valence-corrected chi connectivity index (χ4v) is 0.769. The maximum atomic E-state index is 12.8. The van der Waals surface area contributed by atoms with Crippen molar-refractivity contribution in [1.82, 2.24) is 0 Å². The van der Waals surface area contributed by atoms with E-state index in [1.807, 2.05) is 0 Å². The summed E-state index contributed by atoms with van der Waals surface area (Å²) in [6, 6.07) is 5.62. The predicted octanol–water partition coefficient (Wildman–Crippen LogP) is 1.51. The van der Waals surface area contributed by atoms with Gasteiger partial charge < -0.3 is 5.21 Å². The van der Waals surface area contributed by atoms with E-state index in [0.717, 1.165) is 12.3 Å². The van der Waals surface area contributed by atoms with E-state index in [1.54, 1.807) is 6.07 Å². The molecule has 0 aromatic heterocycles. The van der Waals surface area contributed by atoms with E-state index in [0.29, 0.717) is 5.56 Å². The van der Waals surface area contributed by atoms with Crippen molar-refractivity contribution in [2.45, 2.75) is 0 Å². The van der Waals surface area contributed by atoms with Crippen LogP contribution < -0.4 is 0 Å². The van der Waals surface area contributed by atoms with E-state index in [-0.39, 0.29) is 5.56 Å². The molecule has 0 amide bonds. The lowest BCUT2D eigenvalue weighted by molar-refractivity contribution is 0.322. The number of oxime groups is 1. The van der Waals surface area contributed by atoms with Crippen LogP contribution in [0.3, 0.4) is 0 Å². The molecule has 0 heterocycles. The summed E-state index contributed by atoms with van der Waals surface area (Å²) >= 11 is 0. The first kappa shape index (κ1) is 8.21. The number of benzene rings is 1. The maximum absolute atomic E-state index is 12.8. The van der Waals surface area contributed by atoms with Crippen LogP contribution in [0, 0.1) is 17.1 Å². The molecule has 60 valence electrons. The molecule has 0 aliphatic carbocycles. The molecule has 0 saturated heterocycles. The average molecular weight is 164 g/mol. The molecule has 0 saturated carbocycles. The van der Waals surface area contributed by atoms with Crippen LogP contribution in [0.15, 0.2) is 23.4 Å². The summed E-state index contributed by atoms with van der Waals surface area (Å²) in [6.07, 6.45) is 1.09. The van der Waals surface area contributed by atoms with E-state index < -0.39 is 5.82 Å². The highest BCUT2D eigenvalue weighted by molar-refractivity contribution is 5.79. The molecule has 0 radical (unpaired) electrons. The third kappa shape index (κ3) is 1.58. The zero-order valence-corrected chi connectivity index (χ0v) is 6.03. The SMILES string of the molecule is N#Cc1ccc(/C=N/O)cc1F. The Kier molecular flexibility index (Phi) is 2.38. The monoisotopic (exact) mass is 164 g/mol. The van der Waals surface area contributed by atoms with Gasteiger partial charge in [0.05, 0.1) is 11.8 Å². The van der Waals surface area contributed by atoms with E-state index in [4.69, 9.17) is 10.5 Å². The molecular formula is C8H5FN2O. The molecule has 1 aromatic rings. The summed E-state index contributed by atoms with van der Waals surface area (Å²) in [5.74, 6) is -0.616. The number of rotatable bonds is 1. The molecule has 0 aliphatic heterocycles. The van der Waals surface area contributed by atoms with Gasteiger partial charge in [0.2, 0.25) is 0 Å². The van der Waals surface area contributed by atoms with Crippen molar-refractivity contribution in [3.05, 3.63) is 35.1 Å². The molecule has 0 spiro atoms. The van der Waals surface area contributed by atoms with Gasteiger partial charge in [-0.2, -0.15) is 5.26 Å². The molecule has 0 fully saturated rings. The second kappa shape index (κ2) is 3.49. The largest absolute Gasteiger partial charge is 0.411 e. The van der Waals surface area contributed by atoms with Crippen LogP contribution in [0.5, 0.6) is 0 Å². The lowest BCUT2D eigenvalue weighted by Crippen LogP contribution is -1.87. The van der Waals surface area contributed by atoms with E-state index >= 15 is 0 Å². The standard InChI is InChI=1S/C8H5FN2O/c9-8-3-6(5-11-12)1-2-7(8)4-10/h1-3,5,12H/b11-5+. The van der Waals surface area contributed by atoms with Gasteiger partial charge in [0, 0.05) is 0 Å². The Morgan fingerprint density at radius 2 is 2.33 bits per heavy atom. The lowest BCUT2D eigenvalue weighted by Gasteiger charge is -1.93. The van der Waals surface area contributed by atoms with E-state index in [1.165, 1.54) is 12.1 Å². The molecule has 3 nitrogen and oxygen atoms in total. The first-order chi connectivity index (χ1) is 5.77. The third-order valence-electron chi connectivity index (χ3n) is 1.32. The Labute approximate surface area is 68.4 Å². The minimum absolute atomic E-state index is 0.0231. The Balaban J connectivity index is 3.12. The van der Waals surface area contributed by atoms with Crippen LogP contribution >= 0.6 is 0 Å². The van der Waals surface area contributed by atoms with Gasteiger partial charge in [-0.05, 0) is 17.7 Å². The third-order valence-corrected chi connectivity index (χ3v) is 1.32. The normalized spacial score (nSPS) is 10.0. The Morgan fingerprint density at radius 1 is 1.58 bits per heavy atom. The van der Waals surface area contributed by atoms with Crippen molar-refractivity contribution in [1.29, 1.82) is 5.26 Å². The Morgan fingerprint density at radius 3 is 2.83 bits per heavy atom. The molecule has 4 heteroatoms. The van der Waals surface area contributed by atoms with Gasteiger partial charge >= 0.3 is 0 Å². The molecule has 0 atom stereocenters. The summed E-state index contributed by atoms with van der Waals surface area (Å²) < 4.78 is 12.8. The van der Waals surface area contributed by atoms with E-state index in [9.17, 15) is 4.39 Å². The fraction of sp³-hybridized carbons (Fsp3) is 0. The first-order valence-electron chi connectivity index (χ1n) is 3.15. The smallest absolute Gasteiger partial charge is 0.141 e. The van der Waals surface area contributed by atoms with Crippen LogP contribution in [0.2, 0.25) is 0 Å². The Bertz CT molecular complexity index is 355. The summed E-state index contributed by atoms with van der Waals surface area (Å²) in [7, 11) is 0. The lowest BCUT2D eigenvalue weighted by atomic mass is 10.1. The Hall–Kier alpha value is -1.89. The highest BCUT2D eigenvalue weighted by atomic mass is 19.1. The number of nitrogens with zero attached hydrogens (tertiary/aromatic N) is 2. The van der Waals surface area contributed by atoms with Crippen molar-refractivity contribution in [3.8, 4) is 6.07 Å². The van der Waals surface area contributed by atoms with Crippen molar-refractivity contribution < 1.29 is 9.60 Å².